The molecule has 2 nitrogen and oxygen atoms in total. The van der Waals surface area contributed by atoms with Crippen LogP contribution in [0.15, 0.2) is 48.5 Å². The van der Waals surface area contributed by atoms with E-state index in [-0.39, 0.29) is 11.9 Å². The maximum Gasteiger partial charge on any atom is 0.125 e. The predicted molar refractivity (Wildman–Crippen MR) is 84.0 cm³/mol. The third-order valence-electron chi connectivity index (χ3n) is 4.28. The number of rotatable bonds is 2. The van der Waals surface area contributed by atoms with Crippen LogP contribution in [0.25, 0.3) is 10.9 Å². The summed E-state index contributed by atoms with van der Waals surface area (Å²) >= 11 is 0. The summed E-state index contributed by atoms with van der Waals surface area (Å²) in [5.74, 6) is -0.201. The Bertz CT molecular complexity index is 791. The average Bonchev–Trinajstić information content (AvgIpc) is 2.87. The van der Waals surface area contributed by atoms with Gasteiger partial charge in [-0.2, -0.15) is 0 Å². The highest BCUT2D eigenvalue weighted by Crippen LogP contribution is 2.36. The van der Waals surface area contributed by atoms with Crippen molar-refractivity contribution in [1.82, 2.24) is 4.98 Å². The minimum atomic E-state index is -0.201. The van der Waals surface area contributed by atoms with Crippen LogP contribution in [-0.2, 0) is 6.42 Å². The number of hydrogen-bond donors (Lipinski definition) is 2. The van der Waals surface area contributed by atoms with E-state index in [1.807, 2.05) is 6.07 Å². The zero-order chi connectivity index (χ0) is 14.2. The highest BCUT2D eigenvalue weighted by atomic mass is 19.1. The first kappa shape index (κ1) is 12.5. The van der Waals surface area contributed by atoms with Gasteiger partial charge in [-0.05, 0) is 49.1 Å². The summed E-state index contributed by atoms with van der Waals surface area (Å²) in [6.45, 7) is 0. The molecule has 0 fully saturated rings. The number of anilines is 1. The summed E-state index contributed by atoms with van der Waals surface area (Å²) < 4.78 is 13.3. The van der Waals surface area contributed by atoms with Crippen LogP contribution < -0.4 is 5.32 Å². The lowest BCUT2D eigenvalue weighted by atomic mass is 9.91. The first-order valence-corrected chi connectivity index (χ1v) is 7.43. The molecule has 2 N–H and O–H groups in total. The maximum absolute atomic E-state index is 13.3. The Balaban J connectivity index is 1.73. The first-order valence-electron chi connectivity index (χ1n) is 7.43. The van der Waals surface area contributed by atoms with Crippen LogP contribution in [0.5, 0.6) is 0 Å². The van der Waals surface area contributed by atoms with E-state index in [4.69, 9.17) is 0 Å². The molecular formula is C18H17FN2. The summed E-state index contributed by atoms with van der Waals surface area (Å²) in [7, 11) is 0. The number of para-hydroxylation sites is 1. The number of H-pyrrole nitrogens is 1. The molecule has 106 valence electrons. The first-order chi connectivity index (χ1) is 10.3. The van der Waals surface area contributed by atoms with Crippen LogP contribution in [0.3, 0.4) is 0 Å². The van der Waals surface area contributed by atoms with E-state index >= 15 is 0 Å². The van der Waals surface area contributed by atoms with Crippen molar-refractivity contribution in [2.24, 2.45) is 0 Å². The topological polar surface area (TPSA) is 27.8 Å². The second-order valence-corrected chi connectivity index (χ2v) is 5.66. The Morgan fingerprint density at radius 3 is 2.90 bits per heavy atom. The smallest absolute Gasteiger partial charge is 0.125 e. The lowest BCUT2D eigenvalue weighted by Crippen LogP contribution is -2.17. The number of aromatic nitrogens is 1. The van der Waals surface area contributed by atoms with Gasteiger partial charge in [-0.15, -0.1) is 0 Å². The van der Waals surface area contributed by atoms with E-state index in [0.29, 0.717) is 0 Å². The normalized spacial score (nSPS) is 17.7. The van der Waals surface area contributed by atoms with Gasteiger partial charge >= 0.3 is 0 Å². The fourth-order valence-corrected chi connectivity index (χ4v) is 3.34. The molecule has 1 unspecified atom stereocenters. The minimum absolute atomic E-state index is 0.201. The van der Waals surface area contributed by atoms with Gasteiger partial charge in [0.1, 0.15) is 5.82 Å². The van der Waals surface area contributed by atoms with Gasteiger partial charge in [-0.25, -0.2) is 4.39 Å². The molecular weight excluding hydrogens is 263 g/mol. The van der Waals surface area contributed by atoms with Crippen molar-refractivity contribution in [1.29, 1.82) is 0 Å². The number of halogens is 1. The van der Waals surface area contributed by atoms with Crippen molar-refractivity contribution < 1.29 is 4.39 Å². The molecule has 2 aromatic carbocycles. The van der Waals surface area contributed by atoms with Gasteiger partial charge in [-0.1, -0.05) is 24.3 Å². The Kier molecular flexibility index (Phi) is 2.92. The SMILES string of the molecule is Fc1cccc(NC2CCCc3c2[nH]c2ccccc32)c1. The Morgan fingerprint density at radius 2 is 2.00 bits per heavy atom. The van der Waals surface area contributed by atoms with Crippen molar-refractivity contribution in [2.75, 3.05) is 5.32 Å². The molecule has 4 rings (SSSR count). The van der Waals surface area contributed by atoms with E-state index in [9.17, 15) is 4.39 Å². The monoisotopic (exact) mass is 280 g/mol. The van der Waals surface area contributed by atoms with Crippen LogP contribution in [-0.4, -0.2) is 4.98 Å². The van der Waals surface area contributed by atoms with Crippen molar-refractivity contribution in [3.8, 4) is 0 Å². The van der Waals surface area contributed by atoms with Crippen molar-refractivity contribution in [3.05, 3.63) is 65.6 Å². The van der Waals surface area contributed by atoms with Crippen LogP contribution >= 0.6 is 0 Å². The van der Waals surface area contributed by atoms with Crippen molar-refractivity contribution in [3.63, 3.8) is 0 Å². The molecule has 0 amide bonds. The Hall–Kier alpha value is -2.29. The predicted octanol–water partition coefficient (Wildman–Crippen LogP) is 4.80. The van der Waals surface area contributed by atoms with Crippen molar-refractivity contribution >= 4 is 16.6 Å². The fraction of sp³-hybridized carbons (Fsp3) is 0.222. The van der Waals surface area contributed by atoms with Gasteiger partial charge in [0.15, 0.2) is 0 Å². The quantitative estimate of drug-likeness (QED) is 0.693. The van der Waals surface area contributed by atoms with Gasteiger partial charge in [0.05, 0.1) is 6.04 Å². The zero-order valence-corrected chi connectivity index (χ0v) is 11.7. The average molecular weight is 280 g/mol. The van der Waals surface area contributed by atoms with E-state index in [0.717, 1.165) is 24.9 Å². The number of fused-ring (bicyclic) bond motifs is 3. The van der Waals surface area contributed by atoms with Crippen LogP contribution in [0.2, 0.25) is 0 Å². The molecule has 1 aromatic heterocycles. The lowest BCUT2D eigenvalue weighted by molar-refractivity contribution is 0.590. The molecule has 21 heavy (non-hydrogen) atoms. The molecule has 0 radical (unpaired) electrons. The highest BCUT2D eigenvalue weighted by Gasteiger charge is 2.23. The second kappa shape index (κ2) is 4.92. The summed E-state index contributed by atoms with van der Waals surface area (Å²) in [5.41, 5.74) is 4.69. The minimum Gasteiger partial charge on any atom is -0.377 e. The van der Waals surface area contributed by atoms with Crippen LogP contribution in [0.1, 0.15) is 30.1 Å². The molecule has 3 aromatic rings. The second-order valence-electron chi connectivity index (χ2n) is 5.66. The molecule has 0 saturated carbocycles. The molecule has 1 aliphatic rings. The van der Waals surface area contributed by atoms with Crippen LogP contribution in [0, 0.1) is 5.82 Å². The van der Waals surface area contributed by atoms with Crippen molar-refractivity contribution in [2.45, 2.75) is 25.3 Å². The molecule has 0 saturated heterocycles. The number of nitrogens with one attached hydrogen (secondary N) is 2. The van der Waals surface area contributed by atoms with Gasteiger partial charge in [0.2, 0.25) is 0 Å². The van der Waals surface area contributed by atoms with E-state index < -0.39 is 0 Å². The fourth-order valence-electron chi connectivity index (χ4n) is 3.34. The lowest BCUT2D eigenvalue weighted by Gasteiger charge is -2.24. The number of benzene rings is 2. The van der Waals surface area contributed by atoms with E-state index in [2.05, 4.69) is 34.6 Å². The van der Waals surface area contributed by atoms with E-state index in [1.165, 1.54) is 28.2 Å². The molecule has 0 spiro atoms. The molecule has 3 heteroatoms. The molecule has 0 aliphatic heterocycles. The Morgan fingerprint density at radius 1 is 1.10 bits per heavy atom. The zero-order valence-electron chi connectivity index (χ0n) is 11.7. The van der Waals surface area contributed by atoms with Gasteiger partial charge in [-0.3, -0.25) is 0 Å². The number of aryl methyl sites for hydroxylation is 1. The number of aromatic amines is 1. The van der Waals surface area contributed by atoms with Gasteiger partial charge in [0.25, 0.3) is 0 Å². The third-order valence-corrected chi connectivity index (χ3v) is 4.28. The Labute approximate surface area is 123 Å². The highest BCUT2D eigenvalue weighted by molar-refractivity contribution is 5.85. The summed E-state index contributed by atoms with van der Waals surface area (Å²) in [4.78, 5) is 3.54. The maximum atomic E-state index is 13.3. The molecule has 1 atom stereocenters. The molecule has 1 heterocycles. The summed E-state index contributed by atoms with van der Waals surface area (Å²) in [6, 6.07) is 15.3. The van der Waals surface area contributed by atoms with Crippen LogP contribution in [0.4, 0.5) is 10.1 Å². The largest absolute Gasteiger partial charge is 0.377 e. The third kappa shape index (κ3) is 2.19. The van der Waals surface area contributed by atoms with Gasteiger partial charge in [0, 0.05) is 22.3 Å². The summed E-state index contributed by atoms with van der Waals surface area (Å²) in [6.07, 6.45) is 3.33. The standard InChI is InChI=1S/C18H17FN2/c19-12-5-3-6-13(11-12)20-17-10-4-8-15-14-7-1-2-9-16(14)21-18(15)17/h1-3,5-7,9,11,17,20-21H,4,8,10H2. The molecule has 0 bridgehead atoms. The summed E-state index contributed by atoms with van der Waals surface area (Å²) in [5, 5.41) is 4.79. The molecule has 1 aliphatic carbocycles. The number of hydrogen-bond acceptors (Lipinski definition) is 1. The van der Waals surface area contributed by atoms with E-state index in [1.54, 1.807) is 12.1 Å². The van der Waals surface area contributed by atoms with Gasteiger partial charge < -0.3 is 10.3 Å².